The first kappa shape index (κ1) is 14.7. The van der Waals surface area contributed by atoms with Crippen LogP contribution in [0.2, 0.25) is 0 Å². The Morgan fingerprint density at radius 1 is 1.47 bits per heavy atom. The van der Waals surface area contributed by atoms with Crippen molar-refractivity contribution in [1.82, 2.24) is 4.90 Å². The van der Waals surface area contributed by atoms with Gasteiger partial charge < -0.3 is 15.4 Å². The molecule has 3 atom stereocenters. The van der Waals surface area contributed by atoms with Gasteiger partial charge in [0.15, 0.2) is 0 Å². The molecular formula is C12H23ClN2O2. The van der Waals surface area contributed by atoms with E-state index in [1.165, 1.54) is 0 Å². The summed E-state index contributed by atoms with van der Waals surface area (Å²) in [6.07, 6.45) is 3.78. The highest BCUT2D eigenvalue weighted by Gasteiger charge is 2.28. The van der Waals surface area contributed by atoms with Gasteiger partial charge in [-0.25, -0.2) is 0 Å². The van der Waals surface area contributed by atoms with Crippen LogP contribution < -0.4 is 5.73 Å². The van der Waals surface area contributed by atoms with Crippen molar-refractivity contribution in [2.75, 3.05) is 19.7 Å². The van der Waals surface area contributed by atoms with Gasteiger partial charge in [-0.2, -0.15) is 0 Å². The van der Waals surface area contributed by atoms with Gasteiger partial charge in [-0.15, -0.1) is 12.4 Å². The van der Waals surface area contributed by atoms with E-state index in [0.29, 0.717) is 12.3 Å². The Labute approximate surface area is 109 Å². The van der Waals surface area contributed by atoms with E-state index < -0.39 is 0 Å². The summed E-state index contributed by atoms with van der Waals surface area (Å²) in [6.45, 7) is 4.57. The second-order valence-electron chi connectivity index (χ2n) is 5.11. The first-order valence-corrected chi connectivity index (χ1v) is 6.32. The molecule has 0 radical (unpaired) electrons. The summed E-state index contributed by atoms with van der Waals surface area (Å²) < 4.78 is 5.49. The molecule has 17 heavy (non-hydrogen) atoms. The molecule has 0 aliphatic carbocycles. The second kappa shape index (κ2) is 6.57. The van der Waals surface area contributed by atoms with Gasteiger partial charge in [0.05, 0.1) is 12.5 Å². The number of nitrogens with two attached hydrogens (primary N) is 1. The number of piperidine rings is 1. The summed E-state index contributed by atoms with van der Waals surface area (Å²) in [4.78, 5) is 14.0. The molecule has 0 bridgehead atoms. The van der Waals surface area contributed by atoms with E-state index in [-0.39, 0.29) is 30.5 Å². The number of carbonyl (C=O) groups excluding carboxylic acids is 1. The molecule has 0 aromatic rings. The van der Waals surface area contributed by atoms with Crippen LogP contribution in [-0.2, 0) is 9.53 Å². The van der Waals surface area contributed by atoms with E-state index in [9.17, 15) is 4.79 Å². The van der Waals surface area contributed by atoms with Crippen LogP contribution in [0.4, 0.5) is 0 Å². The van der Waals surface area contributed by atoms with Crippen LogP contribution >= 0.6 is 12.4 Å². The standard InChI is InChI=1S/C12H22N2O2.ClH/c1-9-8-14(5-4-11(9)13)12(15)7-10-3-2-6-16-10;/h9-11H,2-8,13H2,1H3;1H. The summed E-state index contributed by atoms with van der Waals surface area (Å²) in [5.41, 5.74) is 5.94. The Morgan fingerprint density at radius 2 is 2.24 bits per heavy atom. The number of amides is 1. The van der Waals surface area contributed by atoms with Gasteiger partial charge in [-0.3, -0.25) is 4.79 Å². The fourth-order valence-corrected chi connectivity index (χ4v) is 2.52. The average Bonchev–Trinajstić information content (AvgIpc) is 2.74. The van der Waals surface area contributed by atoms with Crippen molar-refractivity contribution >= 4 is 18.3 Å². The lowest BCUT2D eigenvalue weighted by Crippen LogP contribution is -2.48. The molecular weight excluding hydrogens is 240 g/mol. The number of halogens is 1. The first-order valence-electron chi connectivity index (χ1n) is 6.32. The highest BCUT2D eigenvalue weighted by atomic mass is 35.5. The summed E-state index contributed by atoms with van der Waals surface area (Å²) in [7, 11) is 0. The summed E-state index contributed by atoms with van der Waals surface area (Å²) >= 11 is 0. The SMILES string of the molecule is CC1CN(C(=O)CC2CCCO2)CCC1N.Cl. The molecule has 2 heterocycles. The Balaban J connectivity index is 0.00000144. The Bertz CT molecular complexity index is 257. The normalized spacial score (nSPS) is 33.3. The van der Waals surface area contributed by atoms with Crippen molar-refractivity contribution < 1.29 is 9.53 Å². The van der Waals surface area contributed by atoms with Gasteiger partial charge in [0, 0.05) is 25.7 Å². The van der Waals surface area contributed by atoms with Crippen molar-refractivity contribution in [3.05, 3.63) is 0 Å². The van der Waals surface area contributed by atoms with Crippen molar-refractivity contribution in [3.63, 3.8) is 0 Å². The van der Waals surface area contributed by atoms with Gasteiger partial charge in [-0.05, 0) is 25.2 Å². The molecule has 0 aromatic heterocycles. The van der Waals surface area contributed by atoms with Gasteiger partial charge in [-0.1, -0.05) is 6.92 Å². The number of rotatable bonds is 2. The second-order valence-corrected chi connectivity index (χ2v) is 5.11. The predicted molar refractivity (Wildman–Crippen MR) is 69.2 cm³/mol. The van der Waals surface area contributed by atoms with Crippen LogP contribution in [-0.4, -0.2) is 42.6 Å². The molecule has 2 fully saturated rings. The van der Waals surface area contributed by atoms with Crippen LogP contribution in [0.3, 0.4) is 0 Å². The molecule has 2 aliphatic heterocycles. The lowest BCUT2D eigenvalue weighted by molar-refractivity contribution is -0.135. The number of carbonyl (C=O) groups is 1. The van der Waals surface area contributed by atoms with Crippen molar-refractivity contribution in [2.45, 2.75) is 44.8 Å². The zero-order chi connectivity index (χ0) is 11.5. The molecule has 0 aromatic carbocycles. The molecule has 2 N–H and O–H groups in total. The monoisotopic (exact) mass is 262 g/mol. The summed E-state index contributed by atoms with van der Waals surface area (Å²) in [5, 5.41) is 0. The van der Waals surface area contributed by atoms with E-state index in [1.54, 1.807) is 0 Å². The van der Waals surface area contributed by atoms with Crippen molar-refractivity contribution in [2.24, 2.45) is 11.7 Å². The van der Waals surface area contributed by atoms with Crippen LogP contribution in [0.25, 0.3) is 0 Å². The molecule has 2 saturated heterocycles. The number of likely N-dealkylation sites (tertiary alicyclic amines) is 1. The fraction of sp³-hybridized carbons (Fsp3) is 0.917. The summed E-state index contributed by atoms with van der Waals surface area (Å²) in [6, 6.07) is 0.256. The van der Waals surface area contributed by atoms with E-state index in [2.05, 4.69) is 6.92 Å². The minimum Gasteiger partial charge on any atom is -0.378 e. The smallest absolute Gasteiger partial charge is 0.225 e. The highest BCUT2D eigenvalue weighted by Crippen LogP contribution is 2.20. The third-order valence-electron chi connectivity index (χ3n) is 3.75. The molecule has 0 saturated carbocycles. The molecule has 3 unspecified atom stereocenters. The van der Waals surface area contributed by atoms with Gasteiger partial charge in [0.25, 0.3) is 0 Å². The molecule has 4 nitrogen and oxygen atoms in total. The van der Waals surface area contributed by atoms with Crippen molar-refractivity contribution in [1.29, 1.82) is 0 Å². The van der Waals surface area contributed by atoms with Gasteiger partial charge in [0.2, 0.25) is 5.91 Å². The average molecular weight is 263 g/mol. The third-order valence-corrected chi connectivity index (χ3v) is 3.75. The fourth-order valence-electron chi connectivity index (χ4n) is 2.52. The summed E-state index contributed by atoms with van der Waals surface area (Å²) in [5.74, 6) is 0.660. The van der Waals surface area contributed by atoms with Gasteiger partial charge >= 0.3 is 0 Å². The zero-order valence-electron chi connectivity index (χ0n) is 10.4. The van der Waals surface area contributed by atoms with Crippen LogP contribution in [0.1, 0.15) is 32.6 Å². The largest absolute Gasteiger partial charge is 0.378 e. The Hall–Kier alpha value is -0.320. The number of hydrogen-bond acceptors (Lipinski definition) is 3. The number of ether oxygens (including phenoxy) is 1. The quantitative estimate of drug-likeness (QED) is 0.813. The van der Waals surface area contributed by atoms with E-state index >= 15 is 0 Å². The van der Waals surface area contributed by atoms with E-state index in [4.69, 9.17) is 10.5 Å². The number of nitrogens with zero attached hydrogens (tertiary/aromatic N) is 1. The molecule has 2 rings (SSSR count). The first-order chi connectivity index (χ1) is 7.66. The maximum absolute atomic E-state index is 12.0. The molecule has 0 spiro atoms. The lowest BCUT2D eigenvalue weighted by atomic mass is 9.94. The maximum Gasteiger partial charge on any atom is 0.225 e. The predicted octanol–water partition coefficient (Wildman–Crippen LogP) is 1.17. The van der Waals surface area contributed by atoms with Crippen LogP contribution in [0.5, 0.6) is 0 Å². The van der Waals surface area contributed by atoms with E-state index in [1.807, 2.05) is 4.90 Å². The molecule has 100 valence electrons. The Kier molecular flexibility index (Phi) is 5.70. The maximum atomic E-state index is 12.0. The third kappa shape index (κ3) is 3.83. The lowest BCUT2D eigenvalue weighted by Gasteiger charge is -2.35. The number of hydrogen-bond donors (Lipinski definition) is 1. The minimum absolute atomic E-state index is 0. The zero-order valence-corrected chi connectivity index (χ0v) is 11.2. The topological polar surface area (TPSA) is 55.6 Å². The van der Waals surface area contributed by atoms with Crippen LogP contribution in [0, 0.1) is 5.92 Å². The van der Waals surface area contributed by atoms with Gasteiger partial charge in [0.1, 0.15) is 0 Å². The molecule has 5 heteroatoms. The molecule has 1 amide bonds. The highest BCUT2D eigenvalue weighted by molar-refractivity contribution is 5.85. The minimum atomic E-state index is 0. The van der Waals surface area contributed by atoms with Crippen molar-refractivity contribution in [3.8, 4) is 0 Å². The van der Waals surface area contributed by atoms with Crippen LogP contribution in [0.15, 0.2) is 0 Å². The molecule has 2 aliphatic rings. The Morgan fingerprint density at radius 3 is 2.82 bits per heavy atom. The van der Waals surface area contributed by atoms with E-state index in [0.717, 1.165) is 39.0 Å².